The van der Waals surface area contributed by atoms with Crippen molar-refractivity contribution in [2.75, 3.05) is 0 Å². The maximum Gasteiger partial charge on any atom is 0.266 e. The molecule has 0 aliphatic heterocycles. The third-order valence-corrected chi connectivity index (χ3v) is 3.31. The van der Waals surface area contributed by atoms with Gasteiger partial charge in [0.05, 0.1) is 16.6 Å². The van der Waals surface area contributed by atoms with E-state index < -0.39 is 18.0 Å². The quantitative estimate of drug-likeness (QED) is 0.736. The maximum atomic E-state index is 13.3. The number of rotatable bonds is 2. The normalized spacial score (nSPS) is 11.0. The van der Waals surface area contributed by atoms with Crippen molar-refractivity contribution in [3.8, 4) is 5.69 Å². The van der Waals surface area contributed by atoms with E-state index in [-0.39, 0.29) is 22.1 Å². The van der Waals surface area contributed by atoms with Gasteiger partial charge in [-0.2, -0.15) is 0 Å². The number of pyridine rings is 1. The van der Waals surface area contributed by atoms with E-state index in [4.69, 9.17) is 11.6 Å². The predicted octanol–water partition coefficient (Wildman–Crippen LogP) is 2.07. The van der Waals surface area contributed by atoms with Crippen molar-refractivity contribution in [3.63, 3.8) is 0 Å². The van der Waals surface area contributed by atoms with Crippen molar-refractivity contribution in [1.82, 2.24) is 14.5 Å². The molecular formula is C14H9ClFN3O2. The van der Waals surface area contributed by atoms with E-state index in [9.17, 15) is 14.3 Å². The van der Waals surface area contributed by atoms with Crippen LogP contribution in [0.3, 0.4) is 0 Å². The average Bonchev–Trinajstić information content (AvgIpc) is 2.49. The Morgan fingerprint density at radius 2 is 2.14 bits per heavy atom. The average molecular weight is 306 g/mol. The number of halogens is 2. The molecule has 0 aliphatic rings. The van der Waals surface area contributed by atoms with Crippen molar-refractivity contribution < 1.29 is 9.50 Å². The summed E-state index contributed by atoms with van der Waals surface area (Å²) in [4.78, 5) is 20.6. The fourth-order valence-electron chi connectivity index (χ4n) is 2.10. The van der Waals surface area contributed by atoms with E-state index in [2.05, 4.69) is 9.97 Å². The molecule has 0 saturated carbocycles. The van der Waals surface area contributed by atoms with Crippen LogP contribution in [0.4, 0.5) is 4.39 Å². The summed E-state index contributed by atoms with van der Waals surface area (Å²) in [5.41, 5.74) is 0.0760. The molecule has 106 valence electrons. The van der Waals surface area contributed by atoms with Gasteiger partial charge < -0.3 is 5.11 Å². The van der Waals surface area contributed by atoms with Gasteiger partial charge in [0.25, 0.3) is 5.56 Å². The molecule has 21 heavy (non-hydrogen) atoms. The lowest BCUT2D eigenvalue weighted by molar-refractivity contribution is 0.268. The molecular weight excluding hydrogens is 297 g/mol. The Morgan fingerprint density at radius 1 is 1.33 bits per heavy atom. The van der Waals surface area contributed by atoms with E-state index in [0.29, 0.717) is 5.52 Å². The minimum Gasteiger partial charge on any atom is -0.388 e. The van der Waals surface area contributed by atoms with E-state index in [1.807, 2.05) is 0 Å². The molecule has 0 radical (unpaired) electrons. The van der Waals surface area contributed by atoms with Crippen molar-refractivity contribution in [2.24, 2.45) is 0 Å². The highest BCUT2D eigenvalue weighted by Gasteiger charge is 2.15. The lowest BCUT2D eigenvalue weighted by atomic mass is 10.2. The molecule has 2 heterocycles. The molecule has 1 N–H and O–H groups in total. The zero-order valence-electron chi connectivity index (χ0n) is 10.6. The van der Waals surface area contributed by atoms with Crippen LogP contribution < -0.4 is 5.56 Å². The van der Waals surface area contributed by atoms with E-state index in [0.717, 1.165) is 10.6 Å². The Bertz CT molecular complexity index is 895. The van der Waals surface area contributed by atoms with Gasteiger partial charge in [0.2, 0.25) is 0 Å². The summed E-state index contributed by atoms with van der Waals surface area (Å²) >= 11 is 5.99. The van der Waals surface area contributed by atoms with Crippen LogP contribution in [0.2, 0.25) is 5.15 Å². The summed E-state index contributed by atoms with van der Waals surface area (Å²) in [6.07, 6.45) is 1.48. The monoisotopic (exact) mass is 305 g/mol. The van der Waals surface area contributed by atoms with E-state index in [1.54, 1.807) is 12.1 Å². The SMILES string of the molecule is O=c1c2cc(F)ccc2nc(CO)n1-c1cccnc1Cl. The summed E-state index contributed by atoms with van der Waals surface area (Å²) in [5, 5.41) is 9.64. The number of aliphatic hydroxyl groups excluding tert-OH is 1. The van der Waals surface area contributed by atoms with Crippen LogP contribution in [0.25, 0.3) is 16.6 Å². The maximum absolute atomic E-state index is 13.3. The van der Waals surface area contributed by atoms with Crippen LogP contribution in [-0.4, -0.2) is 19.6 Å². The number of nitrogens with zero attached hydrogens (tertiary/aromatic N) is 3. The van der Waals surface area contributed by atoms with Crippen LogP contribution in [0, 0.1) is 5.82 Å². The van der Waals surface area contributed by atoms with E-state index in [1.165, 1.54) is 18.3 Å². The standard InChI is InChI=1S/C14H9ClFN3O2/c15-13-11(2-1-5-17-13)19-12(7-20)18-10-4-3-8(16)6-9(10)14(19)21/h1-6,20H,7H2. The predicted molar refractivity (Wildman–Crippen MR) is 76.0 cm³/mol. The number of hydrogen-bond donors (Lipinski definition) is 1. The summed E-state index contributed by atoms with van der Waals surface area (Å²) in [7, 11) is 0. The number of fused-ring (bicyclic) bond motifs is 1. The summed E-state index contributed by atoms with van der Waals surface area (Å²) < 4.78 is 14.5. The van der Waals surface area contributed by atoms with Crippen LogP contribution >= 0.6 is 11.6 Å². The van der Waals surface area contributed by atoms with Crippen molar-refractivity contribution in [1.29, 1.82) is 0 Å². The molecule has 0 fully saturated rings. The molecule has 0 atom stereocenters. The Labute approximate surface area is 123 Å². The van der Waals surface area contributed by atoms with Crippen LogP contribution in [0.5, 0.6) is 0 Å². The van der Waals surface area contributed by atoms with Gasteiger partial charge in [0.15, 0.2) is 5.15 Å². The first-order valence-electron chi connectivity index (χ1n) is 6.05. The zero-order valence-corrected chi connectivity index (χ0v) is 11.4. The molecule has 3 aromatic rings. The number of hydrogen-bond acceptors (Lipinski definition) is 4. The number of benzene rings is 1. The summed E-state index contributed by atoms with van der Waals surface area (Å²) in [6, 6.07) is 6.87. The Kier molecular flexibility index (Phi) is 3.40. The molecule has 0 amide bonds. The first-order valence-corrected chi connectivity index (χ1v) is 6.42. The minimum atomic E-state index is -0.540. The fraction of sp³-hybridized carbons (Fsp3) is 0.0714. The molecule has 0 bridgehead atoms. The molecule has 7 heteroatoms. The van der Waals surface area contributed by atoms with Gasteiger partial charge in [0, 0.05) is 6.20 Å². The summed E-state index contributed by atoms with van der Waals surface area (Å²) in [6.45, 7) is -0.465. The first kappa shape index (κ1) is 13.7. The highest BCUT2D eigenvalue weighted by molar-refractivity contribution is 6.31. The largest absolute Gasteiger partial charge is 0.388 e. The summed E-state index contributed by atoms with van der Waals surface area (Å²) in [5.74, 6) is -0.434. The second-order valence-corrected chi connectivity index (χ2v) is 4.66. The van der Waals surface area contributed by atoms with Gasteiger partial charge >= 0.3 is 0 Å². The molecule has 5 nitrogen and oxygen atoms in total. The van der Waals surface area contributed by atoms with E-state index >= 15 is 0 Å². The molecule has 0 spiro atoms. The Morgan fingerprint density at radius 3 is 2.86 bits per heavy atom. The second-order valence-electron chi connectivity index (χ2n) is 4.30. The van der Waals surface area contributed by atoms with Gasteiger partial charge in [-0.1, -0.05) is 11.6 Å². The molecule has 0 unspecified atom stereocenters. The smallest absolute Gasteiger partial charge is 0.266 e. The molecule has 0 saturated heterocycles. The number of aliphatic hydroxyl groups is 1. The van der Waals surface area contributed by atoms with Gasteiger partial charge in [-0.05, 0) is 30.3 Å². The van der Waals surface area contributed by atoms with Crippen molar-refractivity contribution >= 4 is 22.5 Å². The van der Waals surface area contributed by atoms with Gasteiger partial charge in [0.1, 0.15) is 18.2 Å². The highest BCUT2D eigenvalue weighted by atomic mass is 35.5. The molecule has 0 aliphatic carbocycles. The zero-order chi connectivity index (χ0) is 15.0. The second kappa shape index (κ2) is 5.23. The lowest BCUT2D eigenvalue weighted by Crippen LogP contribution is -2.24. The van der Waals surface area contributed by atoms with Crippen molar-refractivity contribution in [2.45, 2.75) is 6.61 Å². The molecule has 3 rings (SSSR count). The minimum absolute atomic E-state index is 0.0897. The van der Waals surface area contributed by atoms with Crippen LogP contribution in [0.1, 0.15) is 5.82 Å². The Balaban J connectivity index is 2.44. The third kappa shape index (κ3) is 2.28. The van der Waals surface area contributed by atoms with Gasteiger partial charge in [-0.25, -0.2) is 14.4 Å². The fourth-order valence-corrected chi connectivity index (χ4v) is 2.31. The number of aromatic nitrogens is 3. The first-order chi connectivity index (χ1) is 10.1. The molecule has 1 aromatic carbocycles. The van der Waals surface area contributed by atoms with Crippen molar-refractivity contribution in [3.05, 3.63) is 63.7 Å². The van der Waals surface area contributed by atoms with Crippen LogP contribution in [0.15, 0.2) is 41.3 Å². The third-order valence-electron chi connectivity index (χ3n) is 3.02. The van der Waals surface area contributed by atoms with Gasteiger partial charge in [-0.3, -0.25) is 9.36 Å². The lowest BCUT2D eigenvalue weighted by Gasteiger charge is -2.12. The highest BCUT2D eigenvalue weighted by Crippen LogP contribution is 2.19. The molecule has 2 aromatic heterocycles. The van der Waals surface area contributed by atoms with Crippen LogP contribution in [-0.2, 0) is 6.61 Å². The topological polar surface area (TPSA) is 68.0 Å². The van der Waals surface area contributed by atoms with Gasteiger partial charge in [-0.15, -0.1) is 0 Å². The Hall–Kier alpha value is -2.31.